The number of hydrazone groups is 1. The summed E-state index contributed by atoms with van der Waals surface area (Å²) in [5.74, 6) is 0.944. The zero-order valence-electron chi connectivity index (χ0n) is 18.6. The van der Waals surface area contributed by atoms with Gasteiger partial charge >= 0.3 is 5.97 Å². The third-order valence-corrected chi connectivity index (χ3v) is 5.36. The highest BCUT2D eigenvalue weighted by atomic mass is 16.5. The molecule has 2 aromatic rings. The minimum Gasteiger partial charge on any atom is -0.493 e. The van der Waals surface area contributed by atoms with E-state index < -0.39 is 5.97 Å². The van der Waals surface area contributed by atoms with Crippen LogP contribution in [0.2, 0.25) is 0 Å². The number of ether oxygens (including phenoxy) is 4. The number of hydrogen-bond donors (Lipinski definition) is 1. The van der Waals surface area contributed by atoms with E-state index in [4.69, 9.17) is 18.9 Å². The van der Waals surface area contributed by atoms with E-state index in [2.05, 4.69) is 10.5 Å². The number of hydrogen-bond acceptors (Lipinski definition) is 7. The summed E-state index contributed by atoms with van der Waals surface area (Å²) < 4.78 is 21.3. The number of methoxy groups -OCH3 is 3. The monoisotopic (exact) mass is 440 g/mol. The van der Waals surface area contributed by atoms with Crippen LogP contribution in [0, 0.1) is 5.92 Å². The van der Waals surface area contributed by atoms with Gasteiger partial charge < -0.3 is 18.9 Å². The molecule has 0 aliphatic heterocycles. The predicted octanol–water partition coefficient (Wildman–Crippen LogP) is 3.96. The second-order valence-corrected chi connectivity index (χ2v) is 7.44. The Labute approximate surface area is 187 Å². The Balaban J connectivity index is 1.60. The minimum absolute atomic E-state index is 0.0307. The zero-order valence-corrected chi connectivity index (χ0v) is 18.6. The van der Waals surface area contributed by atoms with E-state index in [9.17, 15) is 9.59 Å². The molecule has 0 bridgehead atoms. The molecule has 1 amide bonds. The SMILES string of the molecule is COc1cc(C(=O)Oc2ccc(C=NNC(=O)C3CCCCC3)cc2)cc(OC)c1OC. The predicted molar refractivity (Wildman–Crippen MR) is 120 cm³/mol. The molecular weight excluding hydrogens is 412 g/mol. The molecule has 0 heterocycles. The van der Waals surface area contributed by atoms with Gasteiger partial charge in [0.15, 0.2) is 11.5 Å². The quantitative estimate of drug-likeness (QED) is 0.289. The fourth-order valence-corrected chi connectivity index (χ4v) is 3.61. The van der Waals surface area contributed by atoms with Gasteiger partial charge in [0, 0.05) is 5.92 Å². The summed E-state index contributed by atoms with van der Waals surface area (Å²) in [5.41, 5.74) is 3.64. The van der Waals surface area contributed by atoms with E-state index in [0.717, 1.165) is 31.2 Å². The van der Waals surface area contributed by atoms with Crippen LogP contribution in [0.4, 0.5) is 0 Å². The average Bonchev–Trinajstić information content (AvgIpc) is 2.84. The highest BCUT2D eigenvalue weighted by Gasteiger charge is 2.20. The first kappa shape index (κ1) is 23.1. The van der Waals surface area contributed by atoms with Gasteiger partial charge in [-0.1, -0.05) is 19.3 Å². The van der Waals surface area contributed by atoms with Gasteiger partial charge in [-0.2, -0.15) is 5.10 Å². The van der Waals surface area contributed by atoms with Crippen LogP contribution in [-0.2, 0) is 4.79 Å². The smallest absolute Gasteiger partial charge is 0.343 e. The molecule has 0 radical (unpaired) electrons. The average molecular weight is 440 g/mol. The van der Waals surface area contributed by atoms with Crippen LogP contribution in [0.25, 0.3) is 0 Å². The summed E-state index contributed by atoms with van der Waals surface area (Å²) in [7, 11) is 4.44. The van der Waals surface area contributed by atoms with E-state index in [1.165, 1.54) is 39.9 Å². The van der Waals surface area contributed by atoms with Crippen LogP contribution >= 0.6 is 0 Å². The summed E-state index contributed by atoms with van der Waals surface area (Å²) >= 11 is 0. The number of carbonyl (C=O) groups excluding carboxylic acids is 2. The summed E-state index contributed by atoms with van der Waals surface area (Å²) in [4.78, 5) is 24.7. The van der Waals surface area contributed by atoms with E-state index in [-0.39, 0.29) is 17.4 Å². The Morgan fingerprint density at radius 1 is 0.938 bits per heavy atom. The van der Waals surface area contributed by atoms with Crippen molar-refractivity contribution in [1.29, 1.82) is 0 Å². The van der Waals surface area contributed by atoms with Crippen molar-refractivity contribution in [3.05, 3.63) is 47.5 Å². The molecule has 1 aliphatic rings. The van der Waals surface area contributed by atoms with E-state index >= 15 is 0 Å². The topological polar surface area (TPSA) is 95.5 Å². The van der Waals surface area contributed by atoms with E-state index in [0.29, 0.717) is 23.0 Å². The van der Waals surface area contributed by atoms with Gasteiger partial charge in [-0.05, 0) is 54.8 Å². The normalized spacial score (nSPS) is 14.1. The molecule has 3 rings (SSSR count). The molecule has 0 unspecified atom stereocenters. The van der Waals surface area contributed by atoms with Crippen LogP contribution in [0.15, 0.2) is 41.5 Å². The molecule has 1 saturated carbocycles. The summed E-state index contributed by atoms with van der Waals surface area (Å²) in [6.07, 6.45) is 6.80. The number of rotatable bonds is 8. The number of carbonyl (C=O) groups is 2. The standard InChI is InChI=1S/C24H28N2O6/c1-29-20-13-18(14-21(30-2)22(20)31-3)24(28)32-19-11-9-16(10-12-19)15-25-26-23(27)17-7-5-4-6-8-17/h9-15,17H,4-8H2,1-3H3,(H,26,27). The molecule has 8 nitrogen and oxygen atoms in total. The van der Waals surface area contributed by atoms with Crippen LogP contribution in [0.1, 0.15) is 48.0 Å². The molecule has 8 heteroatoms. The summed E-state index contributed by atoms with van der Waals surface area (Å²) in [5, 5.41) is 4.04. The third-order valence-electron chi connectivity index (χ3n) is 5.36. The highest BCUT2D eigenvalue weighted by molar-refractivity contribution is 5.93. The van der Waals surface area contributed by atoms with Gasteiger partial charge in [0.25, 0.3) is 0 Å². The van der Waals surface area contributed by atoms with Crippen molar-refractivity contribution in [1.82, 2.24) is 5.43 Å². The molecule has 1 N–H and O–H groups in total. The van der Waals surface area contributed by atoms with E-state index in [1.807, 2.05) is 0 Å². The Bertz CT molecular complexity index is 940. The minimum atomic E-state index is -0.564. The van der Waals surface area contributed by atoms with E-state index in [1.54, 1.807) is 30.5 Å². The first-order chi connectivity index (χ1) is 15.5. The van der Waals surface area contributed by atoms with Crippen molar-refractivity contribution in [2.24, 2.45) is 11.0 Å². The number of amides is 1. The maximum atomic E-state index is 12.6. The van der Waals surface area contributed by atoms with Gasteiger partial charge in [-0.25, -0.2) is 10.2 Å². The van der Waals surface area contributed by atoms with Crippen molar-refractivity contribution in [2.45, 2.75) is 32.1 Å². The van der Waals surface area contributed by atoms with Crippen LogP contribution in [0.5, 0.6) is 23.0 Å². The molecule has 1 fully saturated rings. The van der Waals surface area contributed by atoms with Crippen LogP contribution in [0.3, 0.4) is 0 Å². The van der Waals surface area contributed by atoms with Gasteiger partial charge in [0.05, 0.1) is 33.1 Å². The molecule has 0 atom stereocenters. The molecule has 170 valence electrons. The lowest BCUT2D eigenvalue weighted by atomic mass is 9.89. The number of nitrogens with zero attached hydrogens (tertiary/aromatic N) is 1. The van der Waals surface area contributed by atoms with Crippen molar-refractivity contribution < 1.29 is 28.5 Å². The highest BCUT2D eigenvalue weighted by Crippen LogP contribution is 2.38. The number of esters is 1. The molecule has 1 aliphatic carbocycles. The second-order valence-electron chi connectivity index (χ2n) is 7.44. The Hall–Kier alpha value is -3.55. The lowest BCUT2D eigenvalue weighted by molar-refractivity contribution is -0.125. The van der Waals surface area contributed by atoms with Gasteiger partial charge in [0.1, 0.15) is 5.75 Å². The molecule has 0 aromatic heterocycles. The number of nitrogens with one attached hydrogen (secondary N) is 1. The molecule has 0 saturated heterocycles. The first-order valence-corrected chi connectivity index (χ1v) is 10.5. The van der Waals surface area contributed by atoms with Gasteiger partial charge in [-0.15, -0.1) is 0 Å². The Kier molecular flexibility index (Phi) is 8.08. The van der Waals surface area contributed by atoms with Crippen LogP contribution in [-0.4, -0.2) is 39.4 Å². The van der Waals surface area contributed by atoms with Crippen molar-refractivity contribution >= 4 is 18.1 Å². The Morgan fingerprint density at radius 2 is 1.56 bits per heavy atom. The fraction of sp³-hybridized carbons (Fsp3) is 0.375. The molecule has 32 heavy (non-hydrogen) atoms. The maximum absolute atomic E-state index is 12.6. The number of benzene rings is 2. The molecular formula is C24H28N2O6. The first-order valence-electron chi connectivity index (χ1n) is 10.5. The van der Waals surface area contributed by atoms with Crippen LogP contribution < -0.4 is 24.4 Å². The fourth-order valence-electron chi connectivity index (χ4n) is 3.61. The van der Waals surface area contributed by atoms with Gasteiger partial charge in [0.2, 0.25) is 11.7 Å². The second kappa shape index (κ2) is 11.2. The maximum Gasteiger partial charge on any atom is 0.343 e. The van der Waals surface area contributed by atoms with Gasteiger partial charge in [-0.3, -0.25) is 4.79 Å². The summed E-state index contributed by atoms with van der Waals surface area (Å²) in [6, 6.07) is 9.85. The third kappa shape index (κ3) is 5.78. The molecule has 0 spiro atoms. The lowest BCUT2D eigenvalue weighted by Crippen LogP contribution is -2.28. The largest absolute Gasteiger partial charge is 0.493 e. The summed E-state index contributed by atoms with van der Waals surface area (Å²) in [6.45, 7) is 0. The van der Waals surface area contributed by atoms with Crippen molar-refractivity contribution in [3.8, 4) is 23.0 Å². The lowest BCUT2D eigenvalue weighted by Gasteiger charge is -2.19. The zero-order chi connectivity index (χ0) is 22.9. The molecule has 2 aromatic carbocycles. The van der Waals surface area contributed by atoms with Crippen molar-refractivity contribution in [2.75, 3.05) is 21.3 Å². The Morgan fingerprint density at radius 3 is 2.12 bits per heavy atom. The van der Waals surface area contributed by atoms with Crippen molar-refractivity contribution in [3.63, 3.8) is 0 Å².